The van der Waals surface area contributed by atoms with Crippen LogP contribution in [0.5, 0.6) is 0 Å². The largest absolute Gasteiger partial charge is 0.342 e. The summed E-state index contributed by atoms with van der Waals surface area (Å²) in [5.41, 5.74) is 0.412. The van der Waals surface area contributed by atoms with E-state index in [0.717, 1.165) is 12.8 Å². The second-order valence-corrected chi connectivity index (χ2v) is 6.90. The fraction of sp³-hybridized carbons (Fsp3) is 0.500. The third-order valence-corrected chi connectivity index (χ3v) is 5.50. The lowest BCUT2D eigenvalue weighted by molar-refractivity contribution is 0.0802. The molecular formula is C14H20N2O3S. The lowest BCUT2D eigenvalue weighted by Gasteiger charge is -2.17. The highest BCUT2D eigenvalue weighted by Gasteiger charge is 2.27. The van der Waals surface area contributed by atoms with Crippen molar-refractivity contribution in [1.82, 2.24) is 9.21 Å². The molecule has 5 nitrogen and oxygen atoms in total. The van der Waals surface area contributed by atoms with Crippen LogP contribution in [0, 0.1) is 0 Å². The minimum Gasteiger partial charge on any atom is -0.342 e. The van der Waals surface area contributed by atoms with Gasteiger partial charge in [0.2, 0.25) is 10.0 Å². The predicted octanol–water partition coefficient (Wildman–Crippen LogP) is 1.56. The molecule has 1 saturated heterocycles. The van der Waals surface area contributed by atoms with Crippen LogP contribution in [0.1, 0.15) is 30.1 Å². The summed E-state index contributed by atoms with van der Waals surface area (Å²) < 4.78 is 26.4. The van der Waals surface area contributed by atoms with Crippen LogP contribution >= 0.6 is 0 Å². The Bertz CT molecular complexity index is 592. The van der Waals surface area contributed by atoms with E-state index in [1.807, 2.05) is 6.92 Å². The molecule has 1 amide bonds. The van der Waals surface area contributed by atoms with E-state index in [2.05, 4.69) is 0 Å². The Labute approximate surface area is 120 Å². The summed E-state index contributed by atoms with van der Waals surface area (Å²) in [5.74, 6) is -0.161. The SMILES string of the molecule is CCN(C)C(=O)c1cccc(S(=O)(=O)N2CCCC2)c1. The third-order valence-electron chi connectivity index (χ3n) is 3.60. The predicted molar refractivity (Wildman–Crippen MR) is 77.1 cm³/mol. The Balaban J connectivity index is 2.32. The van der Waals surface area contributed by atoms with Crippen LogP contribution in [0.4, 0.5) is 0 Å². The van der Waals surface area contributed by atoms with E-state index in [9.17, 15) is 13.2 Å². The lowest BCUT2D eigenvalue weighted by Crippen LogP contribution is -2.29. The molecule has 1 aromatic rings. The normalized spacial score (nSPS) is 16.3. The first kappa shape index (κ1) is 15.0. The van der Waals surface area contributed by atoms with Crippen LogP contribution in [-0.2, 0) is 10.0 Å². The number of nitrogens with zero attached hydrogens (tertiary/aromatic N) is 2. The quantitative estimate of drug-likeness (QED) is 0.847. The molecule has 110 valence electrons. The number of rotatable bonds is 4. The Morgan fingerprint density at radius 3 is 2.55 bits per heavy atom. The smallest absolute Gasteiger partial charge is 0.253 e. The molecule has 20 heavy (non-hydrogen) atoms. The van der Waals surface area contributed by atoms with E-state index in [0.29, 0.717) is 25.2 Å². The first-order valence-electron chi connectivity index (χ1n) is 6.82. The second-order valence-electron chi connectivity index (χ2n) is 4.96. The van der Waals surface area contributed by atoms with Crippen LogP contribution in [0.15, 0.2) is 29.2 Å². The van der Waals surface area contributed by atoms with Gasteiger partial charge in [-0.3, -0.25) is 4.79 Å². The lowest BCUT2D eigenvalue weighted by atomic mass is 10.2. The second kappa shape index (κ2) is 5.93. The Kier molecular flexibility index (Phi) is 4.45. The van der Waals surface area contributed by atoms with Crippen LogP contribution in [0.2, 0.25) is 0 Å². The van der Waals surface area contributed by atoms with Gasteiger partial charge in [-0.15, -0.1) is 0 Å². The fourth-order valence-electron chi connectivity index (χ4n) is 2.23. The van der Waals surface area contributed by atoms with Crippen molar-refractivity contribution in [2.75, 3.05) is 26.7 Å². The van der Waals surface area contributed by atoms with Crippen molar-refractivity contribution in [2.45, 2.75) is 24.7 Å². The minimum absolute atomic E-state index is 0.161. The Hall–Kier alpha value is -1.40. The van der Waals surface area contributed by atoms with Crippen LogP contribution in [0.3, 0.4) is 0 Å². The van der Waals surface area contributed by atoms with Crippen LogP contribution in [-0.4, -0.2) is 50.2 Å². The minimum atomic E-state index is -3.46. The van der Waals surface area contributed by atoms with Gasteiger partial charge in [-0.2, -0.15) is 4.31 Å². The molecule has 1 aromatic carbocycles. The maximum absolute atomic E-state index is 12.4. The molecule has 0 N–H and O–H groups in total. The van der Waals surface area contributed by atoms with Crippen LogP contribution in [0.25, 0.3) is 0 Å². The number of sulfonamides is 1. The van der Waals surface area contributed by atoms with Crippen molar-refractivity contribution in [3.63, 3.8) is 0 Å². The summed E-state index contributed by atoms with van der Waals surface area (Å²) in [4.78, 5) is 13.9. The molecule has 0 aliphatic carbocycles. The molecule has 0 aromatic heterocycles. The summed E-state index contributed by atoms with van der Waals surface area (Å²) in [6, 6.07) is 6.30. The molecule has 0 bridgehead atoms. The van der Waals surface area contributed by atoms with Crippen molar-refractivity contribution in [2.24, 2.45) is 0 Å². The highest BCUT2D eigenvalue weighted by Crippen LogP contribution is 2.21. The van der Waals surface area contributed by atoms with Crippen molar-refractivity contribution in [1.29, 1.82) is 0 Å². The zero-order valence-electron chi connectivity index (χ0n) is 11.9. The fourth-order valence-corrected chi connectivity index (χ4v) is 3.79. The number of benzene rings is 1. The zero-order valence-corrected chi connectivity index (χ0v) is 12.7. The number of carbonyl (C=O) groups is 1. The van der Waals surface area contributed by atoms with Gasteiger partial charge in [-0.05, 0) is 38.0 Å². The average Bonchev–Trinajstić information content (AvgIpc) is 3.00. The molecule has 0 radical (unpaired) electrons. The molecular weight excluding hydrogens is 276 g/mol. The average molecular weight is 296 g/mol. The Morgan fingerprint density at radius 2 is 1.95 bits per heavy atom. The van der Waals surface area contributed by atoms with E-state index in [4.69, 9.17) is 0 Å². The van der Waals surface area contributed by atoms with Crippen LogP contribution < -0.4 is 0 Å². The van der Waals surface area contributed by atoms with Crippen molar-refractivity contribution >= 4 is 15.9 Å². The third kappa shape index (κ3) is 2.86. The molecule has 1 fully saturated rings. The van der Waals surface area contributed by atoms with E-state index >= 15 is 0 Å². The van der Waals surface area contributed by atoms with Gasteiger partial charge in [-0.25, -0.2) is 8.42 Å². The molecule has 1 aliphatic heterocycles. The number of hydrogen-bond acceptors (Lipinski definition) is 3. The molecule has 1 aliphatic rings. The molecule has 1 heterocycles. The summed E-state index contributed by atoms with van der Waals surface area (Å²) in [7, 11) is -1.77. The summed E-state index contributed by atoms with van der Waals surface area (Å²) >= 11 is 0. The van der Waals surface area contributed by atoms with Gasteiger partial charge in [-0.1, -0.05) is 6.07 Å². The summed E-state index contributed by atoms with van der Waals surface area (Å²) in [6.07, 6.45) is 1.80. The van der Waals surface area contributed by atoms with Crippen molar-refractivity contribution in [3.8, 4) is 0 Å². The summed E-state index contributed by atoms with van der Waals surface area (Å²) in [6.45, 7) is 3.59. The number of carbonyl (C=O) groups excluding carboxylic acids is 1. The van der Waals surface area contributed by atoms with Gasteiger partial charge >= 0.3 is 0 Å². The maximum atomic E-state index is 12.4. The zero-order chi connectivity index (χ0) is 14.8. The Morgan fingerprint density at radius 1 is 1.30 bits per heavy atom. The first-order valence-corrected chi connectivity index (χ1v) is 8.26. The highest BCUT2D eigenvalue weighted by atomic mass is 32.2. The van der Waals surface area contributed by atoms with Gasteiger partial charge < -0.3 is 4.90 Å². The molecule has 6 heteroatoms. The molecule has 0 spiro atoms. The van der Waals surface area contributed by atoms with Crippen molar-refractivity contribution < 1.29 is 13.2 Å². The van der Waals surface area contributed by atoms with Gasteiger partial charge in [0.15, 0.2) is 0 Å². The standard InChI is InChI=1S/C14H20N2O3S/c1-3-15(2)14(17)12-7-6-8-13(11-12)20(18,19)16-9-4-5-10-16/h6-8,11H,3-5,9-10H2,1-2H3. The van der Waals surface area contributed by atoms with Gasteiger partial charge in [0.25, 0.3) is 5.91 Å². The topological polar surface area (TPSA) is 57.7 Å². The number of hydrogen-bond donors (Lipinski definition) is 0. The number of amides is 1. The monoisotopic (exact) mass is 296 g/mol. The van der Waals surface area contributed by atoms with Gasteiger partial charge in [0, 0.05) is 32.2 Å². The van der Waals surface area contributed by atoms with E-state index in [1.165, 1.54) is 10.4 Å². The first-order chi connectivity index (χ1) is 9.46. The molecule has 0 saturated carbocycles. The molecule has 0 unspecified atom stereocenters. The summed E-state index contributed by atoms with van der Waals surface area (Å²) in [5, 5.41) is 0. The van der Waals surface area contributed by atoms with Crippen molar-refractivity contribution in [3.05, 3.63) is 29.8 Å². The van der Waals surface area contributed by atoms with E-state index < -0.39 is 10.0 Å². The molecule has 2 rings (SSSR count). The van der Waals surface area contributed by atoms with E-state index in [1.54, 1.807) is 30.1 Å². The van der Waals surface area contributed by atoms with E-state index in [-0.39, 0.29) is 10.8 Å². The highest BCUT2D eigenvalue weighted by molar-refractivity contribution is 7.89. The van der Waals surface area contributed by atoms with Gasteiger partial charge in [0.05, 0.1) is 4.90 Å². The maximum Gasteiger partial charge on any atom is 0.253 e. The van der Waals surface area contributed by atoms with Gasteiger partial charge in [0.1, 0.15) is 0 Å². The molecule has 0 atom stereocenters.